The molecule has 1 unspecified atom stereocenters. The van der Waals surface area contributed by atoms with Crippen LogP contribution in [0.25, 0.3) is 0 Å². The third-order valence-electron chi connectivity index (χ3n) is 3.38. The Kier molecular flexibility index (Phi) is 3.76. The molecule has 6 heteroatoms. The first-order valence-corrected chi connectivity index (χ1v) is 6.06. The lowest BCUT2D eigenvalue weighted by Crippen LogP contribution is -2.45. The number of carboxylic acid groups (broad SMARTS) is 1. The number of anilines is 1. The Morgan fingerprint density at radius 2 is 2.28 bits per heavy atom. The number of carboxylic acids is 1. The van der Waals surface area contributed by atoms with Crippen molar-refractivity contribution in [3.8, 4) is 0 Å². The molecule has 2 rings (SSSR count). The quantitative estimate of drug-likeness (QED) is 0.852. The number of rotatable bonds is 3. The van der Waals surface area contributed by atoms with Gasteiger partial charge in [-0.1, -0.05) is 0 Å². The zero-order valence-electron chi connectivity index (χ0n) is 10.7. The van der Waals surface area contributed by atoms with Crippen LogP contribution in [-0.2, 0) is 0 Å². The molecule has 1 saturated heterocycles. The van der Waals surface area contributed by atoms with Gasteiger partial charge in [0.15, 0.2) is 11.5 Å². The highest BCUT2D eigenvalue weighted by atomic mass is 16.4. The molecule has 0 aromatic carbocycles. The molecule has 0 aliphatic carbocycles. The van der Waals surface area contributed by atoms with Gasteiger partial charge in [0.05, 0.1) is 0 Å². The highest BCUT2D eigenvalue weighted by molar-refractivity contribution is 5.85. The van der Waals surface area contributed by atoms with E-state index < -0.39 is 5.97 Å². The van der Waals surface area contributed by atoms with Crippen molar-refractivity contribution in [1.82, 2.24) is 15.1 Å². The molecule has 0 saturated carbocycles. The molecule has 2 heterocycles. The van der Waals surface area contributed by atoms with E-state index in [-0.39, 0.29) is 5.69 Å². The summed E-state index contributed by atoms with van der Waals surface area (Å²) >= 11 is 0. The first-order valence-electron chi connectivity index (χ1n) is 6.06. The minimum atomic E-state index is -1.05. The van der Waals surface area contributed by atoms with Gasteiger partial charge in [-0.15, -0.1) is 10.2 Å². The van der Waals surface area contributed by atoms with Gasteiger partial charge in [0, 0.05) is 19.6 Å². The van der Waals surface area contributed by atoms with E-state index in [4.69, 9.17) is 5.11 Å². The van der Waals surface area contributed by atoms with E-state index in [1.54, 1.807) is 6.07 Å². The van der Waals surface area contributed by atoms with E-state index in [0.717, 1.165) is 25.3 Å². The molecule has 0 radical (unpaired) electrons. The lowest BCUT2D eigenvalue weighted by Gasteiger charge is -2.36. The van der Waals surface area contributed by atoms with E-state index in [1.165, 1.54) is 12.5 Å². The number of aromatic carboxylic acids is 1. The predicted octanol–water partition coefficient (Wildman–Crippen LogP) is 0.705. The molecule has 1 aliphatic heterocycles. The van der Waals surface area contributed by atoms with E-state index in [0.29, 0.717) is 6.04 Å². The average molecular weight is 250 g/mol. The topological polar surface area (TPSA) is 69.6 Å². The van der Waals surface area contributed by atoms with Gasteiger partial charge in [-0.25, -0.2) is 4.79 Å². The molecule has 0 bridgehead atoms. The molecule has 1 atom stereocenters. The van der Waals surface area contributed by atoms with Crippen LogP contribution in [0.4, 0.5) is 5.82 Å². The van der Waals surface area contributed by atoms with Gasteiger partial charge in [0.2, 0.25) is 0 Å². The Hall–Kier alpha value is -1.69. The van der Waals surface area contributed by atoms with Crippen LogP contribution in [0.5, 0.6) is 0 Å². The maximum Gasteiger partial charge on any atom is 0.356 e. The van der Waals surface area contributed by atoms with Crippen molar-refractivity contribution in [1.29, 1.82) is 0 Å². The second-order valence-electron chi connectivity index (χ2n) is 4.75. The molecule has 0 amide bonds. The van der Waals surface area contributed by atoms with Crippen LogP contribution in [0.2, 0.25) is 0 Å². The number of likely N-dealkylation sites (tertiary alicyclic amines) is 1. The summed E-state index contributed by atoms with van der Waals surface area (Å²) < 4.78 is 0. The highest BCUT2D eigenvalue weighted by Crippen LogP contribution is 2.18. The molecule has 98 valence electrons. The summed E-state index contributed by atoms with van der Waals surface area (Å²) in [4.78, 5) is 15.1. The molecule has 1 aromatic heterocycles. The summed E-state index contributed by atoms with van der Waals surface area (Å²) in [6, 6.07) is 3.62. The standard InChI is InChI=1S/C12H18N4O2/c1-15-7-3-4-9(8-15)16(2)11-6-5-10(12(17)18)13-14-11/h5-6,9H,3-4,7-8H2,1-2H3,(H,17,18). The minimum Gasteiger partial charge on any atom is -0.476 e. The van der Waals surface area contributed by atoms with E-state index in [1.807, 2.05) is 7.05 Å². The van der Waals surface area contributed by atoms with Crippen LogP contribution in [0.15, 0.2) is 12.1 Å². The van der Waals surface area contributed by atoms with E-state index >= 15 is 0 Å². The van der Waals surface area contributed by atoms with Crippen LogP contribution >= 0.6 is 0 Å². The number of hydrogen-bond donors (Lipinski definition) is 1. The largest absolute Gasteiger partial charge is 0.476 e. The number of aromatic nitrogens is 2. The van der Waals surface area contributed by atoms with Crippen molar-refractivity contribution in [3.05, 3.63) is 17.8 Å². The van der Waals surface area contributed by atoms with Gasteiger partial charge >= 0.3 is 5.97 Å². The zero-order valence-corrected chi connectivity index (χ0v) is 10.7. The number of piperidine rings is 1. The van der Waals surface area contributed by atoms with Gasteiger partial charge in [-0.2, -0.15) is 0 Å². The molecular formula is C12H18N4O2. The molecular weight excluding hydrogens is 232 g/mol. The summed E-state index contributed by atoms with van der Waals surface area (Å²) in [6.45, 7) is 2.13. The van der Waals surface area contributed by atoms with Crippen LogP contribution < -0.4 is 4.90 Å². The van der Waals surface area contributed by atoms with Crippen molar-refractivity contribution in [2.24, 2.45) is 0 Å². The SMILES string of the molecule is CN1CCCC(N(C)c2ccc(C(=O)O)nn2)C1. The Labute approximate surface area is 106 Å². The Morgan fingerprint density at radius 1 is 1.50 bits per heavy atom. The van der Waals surface area contributed by atoms with Crippen molar-refractivity contribution < 1.29 is 9.90 Å². The molecule has 18 heavy (non-hydrogen) atoms. The van der Waals surface area contributed by atoms with Crippen LogP contribution in [0, 0.1) is 0 Å². The van der Waals surface area contributed by atoms with Crippen molar-refractivity contribution in [2.75, 3.05) is 32.1 Å². The summed E-state index contributed by atoms with van der Waals surface area (Å²) in [7, 11) is 4.09. The first-order chi connectivity index (χ1) is 8.58. The van der Waals surface area contributed by atoms with Gasteiger partial charge in [-0.3, -0.25) is 0 Å². The normalized spacial score (nSPS) is 20.7. The van der Waals surface area contributed by atoms with Gasteiger partial charge in [0.1, 0.15) is 0 Å². The third-order valence-corrected chi connectivity index (χ3v) is 3.38. The van der Waals surface area contributed by atoms with Gasteiger partial charge in [-0.05, 0) is 38.6 Å². The molecule has 1 aromatic rings. The fourth-order valence-electron chi connectivity index (χ4n) is 2.27. The van der Waals surface area contributed by atoms with Gasteiger partial charge in [0.25, 0.3) is 0 Å². The van der Waals surface area contributed by atoms with Crippen molar-refractivity contribution in [3.63, 3.8) is 0 Å². The monoisotopic (exact) mass is 250 g/mol. The minimum absolute atomic E-state index is 0.0205. The number of nitrogens with zero attached hydrogens (tertiary/aromatic N) is 4. The van der Waals surface area contributed by atoms with Crippen LogP contribution in [0.1, 0.15) is 23.3 Å². The fourth-order valence-corrected chi connectivity index (χ4v) is 2.27. The lowest BCUT2D eigenvalue weighted by atomic mass is 10.1. The number of carbonyl (C=O) groups is 1. The maximum atomic E-state index is 10.7. The van der Waals surface area contributed by atoms with E-state index in [9.17, 15) is 4.79 Å². The van der Waals surface area contributed by atoms with Crippen LogP contribution in [0.3, 0.4) is 0 Å². The molecule has 6 nitrogen and oxygen atoms in total. The fraction of sp³-hybridized carbons (Fsp3) is 0.583. The number of hydrogen-bond acceptors (Lipinski definition) is 5. The second kappa shape index (κ2) is 5.30. The smallest absolute Gasteiger partial charge is 0.356 e. The number of likely N-dealkylation sites (N-methyl/N-ethyl adjacent to an activating group) is 2. The third kappa shape index (κ3) is 2.76. The second-order valence-corrected chi connectivity index (χ2v) is 4.75. The van der Waals surface area contributed by atoms with E-state index in [2.05, 4.69) is 27.0 Å². The van der Waals surface area contributed by atoms with Crippen LogP contribution in [-0.4, -0.2) is 59.4 Å². The zero-order chi connectivity index (χ0) is 13.1. The Bertz CT molecular complexity index is 421. The van der Waals surface area contributed by atoms with Crippen molar-refractivity contribution >= 4 is 11.8 Å². The predicted molar refractivity (Wildman–Crippen MR) is 67.9 cm³/mol. The maximum absolute atomic E-state index is 10.7. The Balaban J connectivity index is 2.08. The summed E-state index contributed by atoms with van der Waals surface area (Å²) in [5, 5.41) is 16.5. The van der Waals surface area contributed by atoms with Gasteiger partial charge < -0.3 is 14.9 Å². The Morgan fingerprint density at radius 3 is 2.83 bits per heavy atom. The summed E-state index contributed by atoms with van der Waals surface area (Å²) in [5.74, 6) is -0.325. The van der Waals surface area contributed by atoms with Crippen molar-refractivity contribution in [2.45, 2.75) is 18.9 Å². The highest BCUT2D eigenvalue weighted by Gasteiger charge is 2.22. The average Bonchev–Trinajstić information content (AvgIpc) is 2.38. The lowest BCUT2D eigenvalue weighted by molar-refractivity contribution is 0.0689. The molecule has 1 N–H and O–H groups in total. The first kappa shape index (κ1) is 12.8. The molecule has 0 spiro atoms. The molecule has 1 fully saturated rings. The summed E-state index contributed by atoms with van der Waals surface area (Å²) in [6.07, 6.45) is 2.30. The summed E-state index contributed by atoms with van der Waals surface area (Å²) in [5.41, 5.74) is -0.0205. The molecule has 1 aliphatic rings.